The zero-order valence-corrected chi connectivity index (χ0v) is 14.5. The maximum absolute atomic E-state index is 12.8. The molecule has 0 spiro atoms. The van der Waals surface area contributed by atoms with Gasteiger partial charge in [0.05, 0.1) is 0 Å². The van der Waals surface area contributed by atoms with Gasteiger partial charge in [-0.1, -0.05) is 0 Å². The van der Waals surface area contributed by atoms with Crippen LogP contribution in [0.4, 0.5) is 24.8 Å². The first-order valence-electron chi connectivity index (χ1n) is 8.89. The number of nitrogens with one attached hydrogen (secondary N) is 1. The van der Waals surface area contributed by atoms with Gasteiger partial charge in [-0.05, 0) is 25.7 Å². The van der Waals surface area contributed by atoms with Crippen LogP contribution in [0.3, 0.4) is 0 Å². The summed E-state index contributed by atoms with van der Waals surface area (Å²) in [7, 11) is 0. The van der Waals surface area contributed by atoms with Crippen molar-refractivity contribution in [1.82, 2.24) is 19.5 Å². The lowest BCUT2D eigenvalue weighted by Gasteiger charge is -2.33. The van der Waals surface area contributed by atoms with Crippen molar-refractivity contribution in [3.05, 3.63) is 40.8 Å². The van der Waals surface area contributed by atoms with Crippen LogP contribution in [-0.2, 0) is 6.18 Å². The SMILES string of the molecule is O=c1c(N2CCC(Nc3cc(C(F)(F)F)ncn3)CC2)nccn1C1CC1. The topological polar surface area (TPSA) is 75.9 Å². The monoisotopic (exact) mass is 380 g/mol. The zero-order chi connectivity index (χ0) is 19.0. The average Bonchev–Trinajstić information content (AvgIpc) is 3.47. The molecule has 1 saturated carbocycles. The first-order chi connectivity index (χ1) is 12.9. The Hall–Kier alpha value is -2.65. The number of hydrogen-bond acceptors (Lipinski definition) is 6. The molecule has 0 atom stereocenters. The van der Waals surface area contributed by atoms with Gasteiger partial charge in [-0.3, -0.25) is 4.79 Å². The Kier molecular flexibility index (Phi) is 4.48. The number of piperidine rings is 1. The van der Waals surface area contributed by atoms with Crippen molar-refractivity contribution < 1.29 is 13.2 Å². The summed E-state index contributed by atoms with van der Waals surface area (Å²) < 4.78 is 40.0. The highest BCUT2D eigenvalue weighted by atomic mass is 19.4. The summed E-state index contributed by atoms with van der Waals surface area (Å²) in [5.74, 6) is 0.606. The second kappa shape index (κ2) is 6.82. The van der Waals surface area contributed by atoms with Gasteiger partial charge in [0, 0.05) is 43.6 Å². The lowest BCUT2D eigenvalue weighted by Crippen LogP contribution is -2.42. The van der Waals surface area contributed by atoms with Crippen LogP contribution in [0.1, 0.15) is 37.4 Å². The van der Waals surface area contributed by atoms with E-state index in [1.807, 2.05) is 4.90 Å². The fourth-order valence-corrected chi connectivity index (χ4v) is 3.31. The van der Waals surface area contributed by atoms with E-state index < -0.39 is 11.9 Å². The van der Waals surface area contributed by atoms with Crippen LogP contribution >= 0.6 is 0 Å². The van der Waals surface area contributed by atoms with Crippen molar-refractivity contribution in [3.8, 4) is 0 Å². The van der Waals surface area contributed by atoms with E-state index in [1.165, 1.54) is 0 Å². The molecule has 1 aliphatic carbocycles. The van der Waals surface area contributed by atoms with E-state index in [4.69, 9.17) is 0 Å². The molecule has 3 heterocycles. The first kappa shape index (κ1) is 17.7. The molecule has 0 aromatic carbocycles. The van der Waals surface area contributed by atoms with Gasteiger partial charge < -0.3 is 14.8 Å². The highest BCUT2D eigenvalue weighted by molar-refractivity contribution is 5.40. The lowest BCUT2D eigenvalue weighted by atomic mass is 10.1. The fourth-order valence-electron chi connectivity index (χ4n) is 3.31. The van der Waals surface area contributed by atoms with Crippen LogP contribution in [0.25, 0.3) is 0 Å². The van der Waals surface area contributed by atoms with E-state index in [0.29, 0.717) is 37.8 Å². The molecule has 2 fully saturated rings. The van der Waals surface area contributed by atoms with E-state index >= 15 is 0 Å². The van der Waals surface area contributed by atoms with Gasteiger partial charge in [0.15, 0.2) is 5.82 Å². The molecule has 1 N–H and O–H groups in total. The van der Waals surface area contributed by atoms with Crippen molar-refractivity contribution in [1.29, 1.82) is 0 Å². The van der Waals surface area contributed by atoms with Crippen molar-refractivity contribution in [2.45, 2.75) is 43.9 Å². The highest BCUT2D eigenvalue weighted by Gasteiger charge is 2.33. The average molecular weight is 380 g/mol. The van der Waals surface area contributed by atoms with E-state index in [2.05, 4.69) is 20.3 Å². The molecule has 0 amide bonds. The minimum atomic E-state index is -4.50. The molecule has 2 aromatic heterocycles. The van der Waals surface area contributed by atoms with Crippen LogP contribution in [0.2, 0.25) is 0 Å². The number of hydrogen-bond donors (Lipinski definition) is 1. The highest BCUT2D eigenvalue weighted by Crippen LogP contribution is 2.33. The van der Waals surface area contributed by atoms with E-state index in [9.17, 15) is 18.0 Å². The number of nitrogens with zero attached hydrogens (tertiary/aromatic N) is 5. The normalized spacial score (nSPS) is 18.6. The van der Waals surface area contributed by atoms with Crippen LogP contribution in [0.15, 0.2) is 29.6 Å². The first-order valence-corrected chi connectivity index (χ1v) is 8.89. The Balaban J connectivity index is 1.40. The van der Waals surface area contributed by atoms with Crippen molar-refractivity contribution in [3.63, 3.8) is 0 Å². The summed E-state index contributed by atoms with van der Waals surface area (Å²) in [6.45, 7) is 1.21. The lowest BCUT2D eigenvalue weighted by molar-refractivity contribution is -0.141. The summed E-state index contributed by atoms with van der Waals surface area (Å²) in [5, 5.41) is 3.04. The third kappa shape index (κ3) is 3.88. The molecule has 0 radical (unpaired) electrons. The number of alkyl halides is 3. The van der Waals surface area contributed by atoms with Gasteiger partial charge in [-0.2, -0.15) is 13.2 Å². The van der Waals surface area contributed by atoms with Crippen LogP contribution in [0.5, 0.6) is 0 Å². The van der Waals surface area contributed by atoms with Gasteiger partial charge in [0.25, 0.3) is 5.56 Å². The zero-order valence-electron chi connectivity index (χ0n) is 14.5. The summed E-state index contributed by atoms with van der Waals surface area (Å²) in [4.78, 5) is 25.9. The third-order valence-corrected chi connectivity index (χ3v) is 4.89. The molecule has 1 aliphatic heterocycles. The summed E-state index contributed by atoms with van der Waals surface area (Å²) in [6.07, 6.45) is 3.18. The molecule has 144 valence electrons. The standard InChI is InChI=1S/C17H19F3N6O/c18-17(19,20)13-9-14(23-10-22-13)24-11-3-6-25(7-4-11)15-16(27)26(8-5-21-15)12-1-2-12/h5,8-12H,1-4,6-7H2,(H,22,23,24). The molecule has 2 aliphatic rings. The van der Waals surface area contributed by atoms with Crippen LogP contribution < -0.4 is 15.8 Å². The Morgan fingerprint density at radius 1 is 1.07 bits per heavy atom. The molecule has 4 rings (SSSR count). The predicted octanol–water partition coefficient (Wildman–Crippen LogP) is 2.47. The molecule has 0 bridgehead atoms. The van der Waals surface area contributed by atoms with E-state index in [-0.39, 0.29) is 17.4 Å². The van der Waals surface area contributed by atoms with Crippen molar-refractivity contribution in [2.24, 2.45) is 0 Å². The van der Waals surface area contributed by atoms with Gasteiger partial charge in [0.1, 0.15) is 17.8 Å². The minimum Gasteiger partial charge on any atom is -0.367 e. The molecule has 10 heteroatoms. The number of halogens is 3. The molecule has 1 saturated heterocycles. The Bertz CT molecular complexity index is 871. The second-order valence-electron chi connectivity index (χ2n) is 6.89. The maximum Gasteiger partial charge on any atom is 0.433 e. The third-order valence-electron chi connectivity index (χ3n) is 4.89. The van der Waals surface area contributed by atoms with Crippen LogP contribution in [-0.4, -0.2) is 38.7 Å². The second-order valence-corrected chi connectivity index (χ2v) is 6.89. The summed E-state index contributed by atoms with van der Waals surface area (Å²) in [6, 6.07) is 1.19. The van der Waals surface area contributed by atoms with Gasteiger partial charge in [0.2, 0.25) is 0 Å². The summed E-state index contributed by atoms with van der Waals surface area (Å²) >= 11 is 0. The van der Waals surface area contributed by atoms with Crippen molar-refractivity contribution in [2.75, 3.05) is 23.3 Å². The van der Waals surface area contributed by atoms with E-state index in [1.54, 1.807) is 17.0 Å². The molecular formula is C17H19F3N6O. The minimum absolute atomic E-state index is 0.0217. The van der Waals surface area contributed by atoms with Crippen molar-refractivity contribution >= 4 is 11.6 Å². The smallest absolute Gasteiger partial charge is 0.367 e. The van der Waals surface area contributed by atoms with Gasteiger partial charge >= 0.3 is 6.18 Å². The van der Waals surface area contributed by atoms with Crippen LogP contribution in [0, 0.1) is 0 Å². The number of aromatic nitrogens is 4. The Labute approximate surface area is 153 Å². The Morgan fingerprint density at radius 3 is 2.48 bits per heavy atom. The fraction of sp³-hybridized carbons (Fsp3) is 0.529. The van der Waals surface area contributed by atoms with Gasteiger partial charge in [-0.25, -0.2) is 15.0 Å². The van der Waals surface area contributed by atoms with Gasteiger partial charge in [-0.15, -0.1) is 0 Å². The molecule has 27 heavy (non-hydrogen) atoms. The molecule has 7 nitrogen and oxygen atoms in total. The molecular weight excluding hydrogens is 361 g/mol. The largest absolute Gasteiger partial charge is 0.433 e. The maximum atomic E-state index is 12.8. The Morgan fingerprint density at radius 2 is 1.81 bits per heavy atom. The quantitative estimate of drug-likeness (QED) is 0.878. The summed E-state index contributed by atoms with van der Waals surface area (Å²) in [5.41, 5.74) is -1.04. The number of rotatable bonds is 4. The van der Waals surface area contributed by atoms with E-state index in [0.717, 1.165) is 25.2 Å². The predicted molar refractivity (Wildman–Crippen MR) is 92.7 cm³/mol. The molecule has 2 aromatic rings. The number of anilines is 2. The molecule has 0 unspecified atom stereocenters.